The summed E-state index contributed by atoms with van der Waals surface area (Å²) in [5.41, 5.74) is 11.4. The SMILES string of the molecule is c1ccc(-c2nc3ccccc3n2-c2ccc(-c3c4ccccc4c(C4CCc5ccccc5C4)c4ccccc34)cc2)cc1. The summed E-state index contributed by atoms with van der Waals surface area (Å²) in [4.78, 5) is 5.05. The van der Waals surface area contributed by atoms with Crippen LogP contribution in [0.3, 0.4) is 0 Å². The summed E-state index contributed by atoms with van der Waals surface area (Å²) in [5.74, 6) is 1.45. The fourth-order valence-electron chi connectivity index (χ4n) is 7.70. The Morgan fingerprint density at radius 2 is 1.11 bits per heavy atom. The molecule has 1 aromatic heterocycles. The fraction of sp³-hybridized carbons (Fsp3) is 0.0930. The molecule has 45 heavy (non-hydrogen) atoms. The molecule has 2 heteroatoms. The molecule has 0 saturated heterocycles. The van der Waals surface area contributed by atoms with Crippen LogP contribution in [-0.2, 0) is 12.8 Å². The van der Waals surface area contributed by atoms with Crippen LogP contribution in [-0.4, -0.2) is 9.55 Å². The molecule has 9 rings (SSSR count). The van der Waals surface area contributed by atoms with Crippen LogP contribution < -0.4 is 0 Å². The molecule has 1 unspecified atom stereocenters. The Balaban J connectivity index is 1.21. The summed E-state index contributed by atoms with van der Waals surface area (Å²) < 4.78 is 2.29. The molecule has 0 bridgehead atoms. The largest absolute Gasteiger partial charge is 0.292 e. The maximum Gasteiger partial charge on any atom is 0.145 e. The zero-order valence-electron chi connectivity index (χ0n) is 25.0. The third kappa shape index (κ3) is 4.29. The quantitative estimate of drug-likeness (QED) is 0.191. The highest BCUT2D eigenvalue weighted by molar-refractivity contribution is 6.15. The first kappa shape index (κ1) is 26.0. The molecular formula is C43H32N2. The fourth-order valence-corrected chi connectivity index (χ4v) is 7.70. The van der Waals surface area contributed by atoms with E-state index in [0.717, 1.165) is 41.0 Å². The maximum atomic E-state index is 5.05. The summed E-state index contributed by atoms with van der Waals surface area (Å²) in [6, 6.07) is 55.1. The minimum absolute atomic E-state index is 0.497. The summed E-state index contributed by atoms with van der Waals surface area (Å²) in [5, 5.41) is 5.42. The van der Waals surface area contributed by atoms with E-state index in [0.29, 0.717) is 5.92 Å². The van der Waals surface area contributed by atoms with Gasteiger partial charge in [0.2, 0.25) is 0 Å². The van der Waals surface area contributed by atoms with Crippen LogP contribution in [0, 0.1) is 0 Å². The Labute approximate surface area is 263 Å². The van der Waals surface area contributed by atoms with Gasteiger partial charge in [-0.25, -0.2) is 4.98 Å². The first-order valence-electron chi connectivity index (χ1n) is 16.0. The Morgan fingerprint density at radius 1 is 0.511 bits per heavy atom. The number of fused-ring (bicyclic) bond motifs is 4. The molecule has 1 aliphatic carbocycles. The van der Waals surface area contributed by atoms with E-state index in [2.05, 4.69) is 156 Å². The molecule has 1 heterocycles. The second-order valence-electron chi connectivity index (χ2n) is 12.3. The number of benzene rings is 7. The van der Waals surface area contributed by atoms with Gasteiger partial charge in [0.05, 0.1) is 11.0 Å². The Morgan fingerprint density at radius 3 is 1.84 bits per heavy atom. The van der Waals surface area contributed by atoms with Crippen LogP contribution in [0.1, 0.15) is 29.0 Å². The number of hydrogen-bond donors (Lipinski definition) is 0. The third-order valence-electron chi connectivity index (χ3n) is 9.74. The number of hydrogen-bond acceptors (Lipinski definition) is 1. The van der Waals surface area contributed by atoms with Crippen LogP contribution in [0.2, 0.25) is 0 Å². The molecule has 0 radical (unpaired) electrons. The van der Waals surface area contributed by atoms with Crippen LogP contribution in [0.4, 0.5) is 0 Å². The standard InChI is InChI=1S/C43H32N2/c1-2-13-31(14-3-1)43-44-39-20-10-11-21-40(39)45(43)34-26-24-30(25-27-34)41-35-16-6-8-18-37(35)42(38-19-9-7-17-36(38)41)33-23-22-29-12-4-5-15-32(29)28-33/h1-21,24-27,33H,22-23,28H2. The Hall–Kier alpha value is -5.47. The molecule has 1 aliphatic rings. The molecule has 0 fully saturated rings. The summed E-state index contributed by atoms with van der Waals surface area (Å²) in [6.07, 6.45) is 3.42. The van der Waals surface area contributed by atoms with Gasteiger partial charge in [0.1, 0.15) is 5.82 Å². The predicted octanol–water partition coefficient (Wildman–Crippen LogP) is 10.9. The summed E-state index contributed by atoms with van der Waals surface area (Å²) >= 11 is 0. The monoisotopic (exact) mass is 576 g/mol. The van der Waals surface area contributed by atoms with Crippen molar-refractivity contribution in [2.24, 2.45) is 0 Å². The lowest BCUT2D eigenvalue weighted by Crippen LogP contribution is -2.13. The van der Waals surface area contributed by atoms with Gasteiger partial charge in [-0.15, -0.1) is 0 Å². The van der Waals surface area contributed by atoms with Crippen LogP contribution in [0.5, 0.6) is 0 Å². The van der Waals surface area contributed by atoms with Crippen LogP contribution in [0.25, 0.3) is 60.8 Å². The van der Waals surface area contributed by atoms with Gasteiger partial charge >= 0.3 is 0 Å². The number of aromatic nitrogens is 2. The van der Waals surface area contributed by atoms with E-state index in [1.165, 1.54) is 55.8 Å². The van der Waals surface area contributed by atoms with Crippen molar-refractivity contribution in [3.8, 4) is 28.2 Å². The second kappa shape index (κ2) is 10.6. The van der Waals surface area contributed by atoms with Crippen molar-refractivity contribution in [2.75, 3.05) is 0 Å². The number of nitrogens with zero attached hydrogens (tertiary/aromatic N) is 2. The first-order chi connectivity index (χ1) is 22.3. The van der Waals surface area contributed by atoms with Gasteiger partial charge in [-0.05, 0) is 98.8 Å². The van der Waals surface area contributed by atoms with Crippen molar-refractivity contribution in [3.05, 3.63) is 168 Å². The van der Waals surface area contributed by atoms with E-state index in [-0.39, 0.29) is 0 Å². The first-order valence-corrected chi connectivity index (χ1v) is 16.0. The van der Waals surface area contributed by atoms with E-state index < -0.39 is 0 Å². The van der Waals surface area contributed by atoms with Crippen molar-refractivity contribution in [1.29, 1.82) is 0 Å². The van der Waals surface area contributed by atoms with Crippen molar-refractivity contribution in [1.82, 2.24) is 9.55 Å². The molecule has 7 aromatic carbocycles. The smallest absolute Gasteiger partial charge is 0.145 e. The van der Waals surface area contributed by atoms with E-state index in [9.17, 15) is 0 Å². The van der Waals surface area contributed by atoms with Crippen molar-refractivity contribution in [3.63, 3.8) is 0 Å². The Bertz CT molecular complexity index is 2290. The second-order valence-corrected chi connectivity index (χ2v) is 12.3. The highest BCUT2D eigenvalue weighted by Crippen LogP contribution is 2.45. The summed E-state index contributed by atoms with van der Waals surface area (Å²) in [7, 11) is 0. The lowest BCUT2D eigenvalue weighted by Gasteiger charge is -2.28. The normalized spacial score (nSPS) is 14.6. The van der Waals surface area contributed by atoms with Gasteiger partial charge < -0.3 is 0 Å². The van der Waals surface area contributed by atoms with Gasteiger partial charge in [-0.1, -0.05) is 127 Å². The number of imidazole rings is 1. The van der Waals surface area contributed by atoms with Gasteiger partial charge in [0.15, 0.2) is 0 Å². The predicted molar refractivity (Wildman–Crippen MR) is 188 cm³/mol. The van der Waals surface area contributed by atoms with Crippen molar-refractivity contribution >= 4 is 32.6 Å². The van der Waals surface area contributed by atoms with Gasteiger partial charge in [-0.3, -0.25) is 4.57 Å². The summed E-state index contributed by atoms with van der Waals surface area (Å²) in [6.45, 7) is 0. The number of aryl methyl sites for hydroxylation is 1. The van der Waals surface area contributed by atoms with Crippen molar-refractivity contribution in [2.45, 2.75) is 25.2 Å². The molecule has 0 N–H and O–H groups in total. The zero-order chi connectivity index (χ0) is 29.7. The highest BCUT2D eigenvalue weighted by atomic mass is 15.1. The number of rotatable bonds is 4. The number of para-hydroxylation sites is 2. The molecule has 1 atom stereocenters. The lowest BCUT2D eigenvalue weighted by molar-refractivity contribution is 0.592. The molecule has 2 nitrogen and oxygen atoms in total. The minimum Gasteiger partial charge on any atom is -0.292 e. The molecule has 0 aliphatic heterocycles. The molecule has 0 saturated carbocycles. The zero-order valence-corrected chi connectivity index (χ0v) is 25.0. The average molecular weight is 577 g/mol. The Kier molecular flexibility index (Phi) is 6.12. The van der Waals surface area contributed by atoms with Gasteiger partial charge in [0, 0.05) is 11.3 Å². The average Bonchev–Trinajstić information content (AvgIpc) is 3.51. The molecule has 0 amide bonds. The molecule has 214 valence electrons. The van der Waals surface area contributed by atoms with Crippen molar-refractivity contribution < 1.29 is 0 Å². The highest BCUT2D eigenvalue weighted by Gasteiger charge is 2.25. The van der Waals surface area contributed by atoms with Gasteiger partial charge in [0.25, 0.3) is 0 Å². The van der Waals surface area contributed by atoms with Crippen LogP contribution in [0.15, 0.2) is 152 Å². The van der Waals surface area contributed by atoms with E-state index >= 15 is 0 Å². The molecular weight excluding hydrogens is 544 g/mol. The van der Waals surface area contributed by atoms with E-state index in [4.69, 9.17) is 4.98 Å². The van der Waals surface area contributed by atoms with Gasteiger partial charge in [-0.2, -0.15) is 0 Å². The van der Waals surface area contributed by atoms with E-state index in [1.54, 1.807) is 0 Å². The maximum absolute atomic E-state index is 5.05. The molecule has 0 spiro atoms. The lowest BCUT2D eigenvalue weighted by atomic mass is 9.76. The van der Waals surface area contributed by atoms with Crippen LogP contribution >= 0.6 is 0 Å². The minimum atomic E-state index is 0.497. The third-order valence-corrected chi connectivity index (χ3v) is 9.74. The van der Waals surface area contributed by atoms with E-state index in [1.807, 2.05) is 0 Å². The molecule has 8 aromatic rings. The topological polar surface area (TPSA) is 17.8 Å².